The number of aliphatic hydroxyl groups excluding tert-OH is 2. The van der Waals surface area contributed by atoms with Crippen molar-refractivity contribution >= 4 is 84.2 Å². The van der Waals surface area contributed by atoms with Crippen molar-refractivity contribution in [1.29, 1.82) is 0 Å². The second-order valence-electron chi connectivity index (χ2n) is 9.84. The molecule has 0 bridgehead atoms. The second kappa shape index (κ2) is 12.2. The Labute approximate surface area is 261 Å². The van der Waals surface area contributed by atoms with E-state index in [4.69, 9.17) is 25.3 Å². The van der Waals surface area contributed by atoms with Gasteiger partial charge >= 0.3 is 0 Å². The van der Waals surface area contributed by atoms with Crippen molar-refractivity contribution in [3.8, 4) is 0 Å². The fourth-order valence-corrected chi connectivity index (χ4v) is 10.9. The third-order valence-electron chi connectivity index (χ3n) is 7.19. The number of thioether (sulfide) groups is 1. The van der Waals surface area contributed by atoms with Crippen molar-refractivity contribution < 1.29 is 37.5 Å². The Morgan fingerprint density at radius 3 is 2.61 bits per heavy atom. The summed E-state index contributed by atoms with van der Waals surface area (Å²) in [6, 6.07) is 0. The first-order chi connectivity index (χ1) is 20.9. The molecule has 7 N–H and O–H groups in total. The lowest BCUT2D eigenvalue weighted by atomic mass is 10.1. The van der Waals surface area contributed by atoms with Gasteiger partial charge in [0.05, 0.1) is 42.6 Å². The molecule has 4 aromatic rings. The number of rotatable bonds is 9. The van der Waals surface area contributed by atoms with Crippen LogP contribution in [0.3, 0.4) is 0 Å². The highest BCUT2D eigenvalue weighted by molar-refractivity contribution is 8.46. The zero-order valence-electron chi connectivity index (χ0n) is 22.0. The maximum absolute atomic E-state index is 15.3. The van der Waals surface area contributed by atoms with Crippen LogP contribution in [0.1, 0.15) is 11.6 Å². The van der Waals surface area contributed by atoms with Gasteiger partial charge in [-0.3, -0.25) is 23.5 Å². The van der Waals surface area contributed by atoms with E-state index in [1.54, 1.807) is 0 Å². The molecule has 4 aromatic heterocycles. The molecule has 0 amide bonds. The average Bonchev–Trinajstić information content (AvgIpc) is 3.72. The molecule has 2 saturated heterocycles. The van der Waals surface area contributed by atoms with E-state index in [1.807, 2.05) is 0 Å². The predicted molar refractivity (Wildman–Crippen MR) is 164 cm³/mol. The molecule has 6 heterocycles. The normalized spacial score (nSPS) is 31.1. The van der Waals surface area contributed by atoms with Gasteiger partial charge in [0.15, 0.2) is 35.0 Å². The Balaban J connectivity index is 1.26. The summed E-state index contributed by atoms with van der Waals surface area (Å²) in [6.07, 6.45) is -4.12. The topological polar surface area (TPSA) is 262 Å². The van der Waals surface area contributed by atoms with Crippen LogP contribution in [0, 0.1) is 0 Å². The lowest BCUT2D eigenvalue weighted by Gasteiger charge is -2.28. The molecule has 0 aliphatic carbocycles. The molecule has 2 aliphatic rings. The van der Waals surface area contributed by atoms with Gasteiger partial charge in [-0.2, -0.15) is 4.98 Å². The Hall–Kier alpha value is -2.26. The summed E-state index contributed by atoms with van der Waals surface area (Å²) >= 11 is 9.13. The summed E-state index contributed by atoms with van der Waals surface area (Å²) in [5.41, 5.74) is 9.98. The molecular weight excluding hydrogens is 685 g/mol. The van der Waals surface area contributed by atoms with Crippen LogP contribution in [0.2, 0.25) is 0 Å². The summed E-state index contributed by atoms with van der Waals surface area (Å²) in [4.78, 5) is 34.9. The zero-order valence-corrected chi connectivity index (χ0v) is 26.5. The SMILES string of the molecule is Nc1nc2c(ncn2[C@@H]2S[C@H](CO[PH](=O)S)[C@@H](O)[C@H]2[P@](=O)(S)OC[C@H]2O[C@@H](n3cnc4c(N)ncnc43)[C@@H](F)[C@@H]2O)c(=O)[nH]1. The number of imidazole rings is 2. The van der Waals surface area contributed by atoms with Gasteiger partial charge in [-0.15, -0.1) is 11.8 Å². The molecule has 0 radical (unpaired) electrons. The van der Waals surface area contributed by atoms with Crippen molar-refractivity contribution in [3.05, 3.63) is 29.3 Å². The van der Waals surface area contributed by atoms with Gasteiger partial charge in [0.1, 0.15) is 29.7 Å². The standard InChI is InChI=1S/C20H25FN10O8P2S3/c21-8-11(32)6(39-18(8)30-4-26-9-14(22)24-3-25-15(9)30)1-38-41(36,43)13-12(33)7(2-37-40(35)42)44-19(13)31-5-27-10-16(31)28-20(23)29-17(10)34/h3-8,11-13,18-19,32-33,40H,1-2H2,(H,35,42)(H,36,43)(H2,22,24,25)(H3,23,28,29,34)/t6-,7-,8+,11-,12-,13-,18-,19-,41-/m1/s1. The molecule has 0 spiro atoms. The summed E-state index contributed by atoms with van der Waals surface area (Å²) in [5.74, 6) is -0.134. The number of aromatic nitrogens is 8. The van der Waals surface area contributed by atoms with Crippen LogP contribution in [-0.4, -0.2) is 97.9 Å². The van der Waals surface area contributed by atoms with Crippen LogP contribution in [0.15, 0.2) is 23.8 Å². The first kappa shape index (κ1) is 31.7. The third-order valence-corrected chi connectivity index (χ3v) is 12.8. The molecule has 1 unspecified atom stereocenters. The van der Waals surface area contributed by atoms with Gasteiger partial charge in [-0.25, -0.2) is 24.3 Å². The Morgan fingerprint density at radius 1 is 1.14 bits per heavy atom. The summed E-state index contributed by atoms with van der Waals surface area (Å²) in [5, 5.41) is 20.2. The number of halogens is 1. The number of H-pyrrole nitrogens is 1. The van der Waals surface area contributed by atoms with E-state index >= 15 is 4.39 Å². The number of aliphatic hydroxyl groups is 2. The van der Waals surface area contributed by atoms with E-state index in [0.29, 0.717) is 0 Å². The maximum Gasteiger partial charge on any atom is 0.280 e. The zero-order chi connectivity index (χ0) is 31.5. The minimum absolute atomic E-state index is 0.0355. The van der Waals surface area contributed by atoms with Crippen molar-refractivity contribution in [2.45, 2.75) is 47.0 Å². The molecule has 0 saturated carbocycles. The van der Waals surface area contributed by atoms with Gasteiger partial charge in [0, 0.05) is 0 Å². The van der Waals surface area contributed by atoms with E-state index in [-0.39, 0.29) is 40.7 Å². The van der Waals surface area contributed by atoms with Gasteiger partial charge in [-0.05, 0) is 0 Å². The van der Waals surface area contributed by atoms with E-state index in [2.05, 4.69) is 54.4 Å². The second-order valence-corrected chi connectivity index (χ2v) is 16.8. The van der Waals surface area contributed by atoms with Gasteiger partial charge in [0.2, 0.25) is 13.2 Å². The lowest BCUT2D eigenvalue weighted by molar-refractivity contribution is -0.0408. The molecule has 0 aromatic carbocycles. The minimum atomic E-state index is -4.19. The van der Waals surface area contributed by atoms with E-state index in [9.17, 15) is 24.1 Å². The van der Waals surface area contributed by atoms with Crippen LogP contribution in [0.4, 0.5) is 16.2 Å². The molecule has 6 rings (SSSR count). The number of anilines is 2. The molecule has 2 aliphatic heterocycles. The lowest BCUT2D eigenvalue weighted by Crippen LogP contribution is -2.35. The van der Waals surface area contributed by atoms with Crippen LogP contribution >= 0.6 is 50.1 Å². The monoisotopic (exact) mass is 710 g/mol. The fourth-order valence-electron chi connectivity index (χ4n) is 5.12. The quantitative estimate of drug-likeness (QED) is 0.0923. The van der Waals surface area contributed by atoms with Gasteiger partial charge in [0.25, 0.3) is 12.1 Å². The van der Waals surface area contributed by atoms with Gasteiger partial charge in [-0.1, -0.05) is 24.5 Å². The van der Waals surface area contributed by atoms with Crippen molar-refractivity contribution in [2.24, 2.45) is 0 Å². The number of thiol groups is 2. The summed E-state index contributed by atoms with van der Waals surface area (Å²) in [7, 11) is -2.68. The Bertz CT molecular complexity index is 1850. The van der Waals surface area contributed by atoms with E-state index in [1.165, 1.54) is 28.1 Å². The molecule has 24 heteroatoms. The van der Waals surface area contributed by atoms with Crippen molar-refractivity contribution in [3.63, 3.8) is 0 Å². The number of nitrogen functional groups attached to an aromatic ring is 2. The summed E-state index contributed by atoms with van der Waals surface area (Å²) < 4.78 is 60.1. The Morgan fingerprint density at radius 2 is 1.86 bits per heavy atom. The highest BCUT2D eigenvalue weighted by Crippen LogP contribution is 2.67. The number of hydrogen-bond donors (Lipinski definition) is 7. The first-order valence-corrected chi connectivity index (χ1v) is 19.1. The fraction of sp³-hybridized carbons (Fsp3) is 0.500. The number of aromatic amines is 1. The number of nitrogens with zero attached hydrogens (tertiary/aromatic N) is 7. The highest BCUT2D eigenvalue weighted by Gasteiger charge is 2.54. The predicted octanol–water partition coefficient (Wildman–Crippen LogP) is 0.539. The number of alkyl halides is 1. The van der Waals surface area contributed by atoms with Crippen LogP contribution in [0.25, 0.3) is 22.3 Å². The molecule has 2 fully saturated rings. The van der Waals surface area contributed by atoms with E-state index < -0.39 is 73.0 Å². The number of ether oxygens (including phenoxy) is 1. The molecule has 44 heavy (non-hydrogen) atoms. The number of fused-ring (bicyclic) bond motifs is 2. The van der Waals surface area contributed by atoms with Crippen molar-refractivity contribution in [1.82, 2.24) is 39.0 Å². The highest BCUT2D eigenvalue weighted by atomic mass is 32.7. The number of hydrogen-bond acceptors (Lipinski definition) is 16. The van der Waals surface area contributed by atoms with Crippen molar-refractivity contribution in [2.75, 3.05) is 24.7 Å². The van der Waals surface area contributed by atoms with Crippen LogP contribution in [-0.2, 0) is 22.9 Å². The third kappa shape index (κ3) is 5.65. The maximum atomic E-state index is 15.3. The smallest absolute Gasteiger partial charge is 0.280 e. The largest absolute Gasteiger partial charge is 0.391 e. The molecule has 18 nitrogen and oxygen atoms in total. The average molecular weight is 711 g/mol. The number of nitrogens with one attached hydrogen (secondary N) is 1. The van der Waals surface area contributed by atoms with E-state index in [0.717, 1.165) is 11.8 Å². The molecular formula is C20H25FN10O8P2S3. The summed E-state index contributed by atoms with van der Waals surface area (Å²) in [6.45, 7) is -5.02. The molecule has 10 atom stereocenters. The van der Waals surface area contributed by atoms with Gasteiger partial charge < -0.3 is 40.0 Å². The molecule has 238 valence electrons. The minimum Gasteiger partial charge on any atom is -0.391 e. The Kier molecular flexibility index (Phi) is 8.76. The number of nitrogens with two attached hydrogens (primary N) is 2. The first-order valence-electron chi connectivity index (χ1n) is 12.7. The van der Waals surface area contributed by atoms with Crippen LogP contribution in [0.5, 0.6) is 0 Å². The van der Waals surface area contributed by atoms with Crippen LogP contribution < -0.4 is 17.0 Å².